The summed E-state index contributed by atoms with van der Waals surface area (Å²) in [6, 6.07) is 10.5. The van der Waals surface area contributed by atoms with Crippen LogP contribution in [0.4, 0.5) is 18.9 Å². The summed E-state index contributed by atoms with van der Waals surface area (Å²) in [7, 11) is 1.16. The number of fused-ring (bicyclic) bond motifs is 1. The van der Waals surface area contributed by atoms with Gasteiger partial charge in [-0.1, -0.05) is 36.4 Å². The maximum Gasteiger partial charge on any atom is 0.408 e. The number of hydrogen-bond acceptors (Lipinski definition) is 3. The van der Waals surface area contributed by atoms with E-state index in [9.17, 15) is 18.0 Å². The summed E-state index contributed by atoms with van der Waals surface area (Å²) in [5, 5.41) is 4.06. The minimum Gasteiger partial charge on any atom is -0.469 e. The molecule has 0 aromatic heterocycles. The number of halogens is 3. The molecule has 0 aliphatic heterocycles. The second kappa shape index (κ2) is 6.68. The van der Waals surface area contributed by atoms with Crippen LogP contribution in [0.2, 0.25) is 0 Å². The van der Waals surface area contributed by atoms with E-state index in [1.54, 1.807) is 24.3 Å². The Bertz CT molecular complexity index is 650. The second-order valence-electron chi connectivity index (χ2n) is 4.88. The summed E-state index contributed by atoms with van der Waals surface area (Å²) in [5.41, 5.74) is 0.394. The van der Waals surface area contributed by atoms with Crippen LogP contribution in [0.1, 0.15) is 12.8 Å². The van der Waals surface area contributed by atoms with E-state index in [0.29, 0.717) is 11.1 Å². The lowest BCUT2D eigenvalue weighted by Crippen LogP contribution is -2.36. The average Bonchev–Trinajstić information content (AvgIpc) is 2.50. The average molecular weight is 311 g/mol. The first-order valence-corrected chi connectivity index (χ1v) is 6.79. The standard InChI is InChI=1S/C16H16F3NO2/c1-22-15(21)10-9-14(16(17,18)19)20-13-8-4-6-11-5-2-3-7-12(11)13/h2-8,14,20H,9-10H2,1H3. The van der Waals surface area contributed by atoms with Crippen molar-refractivity contribution in [3.63, 3.8) is 0 Å². The van der Waals surface area contributed by atoms with Crippen molar-refractivity contribution in [2.24, 2.45) is 0 Å². The third-order valence-electron chi connectivity index (χ3n) is 3.38. The molecule has 0 saturated heterocycles. The zero-order valence-corrected chi connectivity index (χ0v) is 12.0. The van der Waals surface area contributed by atoms with Crippen molar-refractivity contribution < 1.29 is 22.7 Å². The molecule has 1 unspecified atom stereocenters. The molecule has 0 amide bonds. The highest BCUT2D eigenvalue weighted by Crippen LogP contribution is 2.30. The molecule has 118 valence electrons. The quantitative estimate of drug-likeness (QED) is 0.844. The largest absolute Gasteiger partial charge is 0.469 e. The summed E-state index contributed by atoms with van der Waals surface area (Å²) < 4.78 is 43.8. The number of methoxy groups -OCH3 is 1. The predicted octanol–water partition coefficient (Wildman–Crippen LogP) is 4.14. The van der Waals surface area contributed by atoms with Gasteiger partial charge in [0.15, 0.2) is 0 Å². The van der Waals surface area contributed by atoms with E-state index in [4.69, 9.17) is 0 Å². The lowest BCUT2D eigenvalue weighted by molar-refractivity contribution is -0.149. The number of alkyl halides is 3. The van der Waals surface area contributed by atoms with Crippen molar-refractivity contribution in [1.82, 2.24) is 0 Å². The topological polar surface area (TPSA) is 38.3 Å². The molecule has 0 heterocycles. The Labute approximate surface area is 126 Å². The highest BCUT2D eigenvalue weighted by Gasteiger charge is 2.39. The van der Waals surface area contributed by atoms with Crippen molar-refractivity contribution in [2.45, 2.75) is 25.1 Å². The van der Waals surface area contributed by atoms with Crippen molar-refractivity contribution in [3.05, 3.63) is 42.5 Å². The van der Waals surface area contributed by atoms with E-state index in [2.05, 4.69) is 10.1 Å². The lowest BCUT2D eigenvalue weighted by atomic mass is 10.1. The minimum atomic E-state index is -4.45. The van der Waals surface area contributed by atoms with Crippen LogP contribution < -0.4 is 5.32 Å². The van der Waals surface area contributed by atoms with Crippen LogP contribution >= 0.6 is 0 Å². The van der Waals surface area contributed by atoms with Gasteiger partial charge < -0.3 is 10.1 Å². The number of anilines is 1. The van der Waals surface area contributed by atoms with E-state index in [-0.39, 0.29) is 12.8 Å². The van der Waals surface area contributed by atoms with Crippen LogP contribution in [0.3, 0.4) is 0 Å². The van der Waals surface area contributed by atoms with E-state index in [0.717, 1.165) is 12.5 Å². The summed E-state index contributed by atoms with van der Waals surface area (Å²) in [4.78, 5) is 11.1. The first kappa shape index (κ1) is 16.1. The molecule has 22 heavy (non-hydrogen) atoms. The van der Waals surface area contributed by atoms with E-state index in [1.807, 2.05) is 18.2 Å². The Morgan fingerprint density at radius 1 is 1.18 bits per heavy atom. The Balaban J connectivity index is 2.23. The van der Waals surface area contributed by atoms with Crippen LogP contribution in [0.5, 0.6) is 0 Å². The van der Waals surface area contributed by atoms with Gasteiger partial charge in [0.05, 0.1) is 7.11 Å². The van der Waals surface area contributed by atoms with Gasteiger partial charge in [0.25, 0.3) is 0 Å². The second-order valence-corrected chi connectivity index (χ2v) is 4.88. The van der Waals surface area contributed by atoms with E-state index >= 15 is 0 Å². The highest BCUT2D eigenvalue weighted by atomic mass is 19.4. The zero-order valence-electron chi connectivity index (χ0n) is 12.0. The summed E-state index contributed by atoms with van der Waals surface area (Å²) in [6.07, 6.45) is -5.12. The molecule has 0 spiro atoms. The fourth-order valence-corrected chi connectivity index (χ4v) is 2.22. The smallest absolute Gasteiger partial charge is 0.408 e. The molecule has 0 radical (unpaired) electrons. The number of rotatable bonds is 5. The lowest BCUT2D eigenvalue weighted by Gasteiger charge is -2.23. The molecule has 0 bridgehead atoms. The van der Waals surface area contributed by atoms with Gasteiger partial charge in [0, 0.05) is 17.5 Å². The van der Waals surface area contributed by atoms with Crippen molar-refractivity contribution in [1.29, 1.82) is 0 Å². The SMILES string of the molecule is COC(=O)CCC(Nc1cccc2ccccc12)C(F)(F)F. The first-order valence-electron chi connectivity index (χ1n) is 6.79. The van der Waals surface area contributed by atoms with Gasteiger partial charge in [-0.05, 0) is 17.9 Å². The van der Waals surface area contributed by atoms with Crippen LogP contribution in [-0.2, 0) is 9.53 Å². The molecular formula is C16H16F3NO2. The van der Waals surface area contributed by atoms with Crippen molar-refractivity contribution >= 4 is 22.4 Å². The van der Waals surface area contributed by atoms with Crippen LogP contribution in [0.15, 0.2) is 42.5 Å². The van der Waals surface area contributed by atoms with Gasteiger partial charge in [-0.2, -0.15) is 13.2 Å². The number of benzene rings is 2. The predicted molar refractivity (Wildman–Crippen MR) is 78.7 cm³/mol. The van der Waals surface area contributed by atoms with Crippen LogP contribution in [0.25, 0.3) is 10.8 Å². The number of ether oxygens (including phenoxy) is 1. The van der Waals surface area contributed by atoms with Gasteiger partial charge >= 0.3 is 12.1 Å². The Morgan fingerprint density at radius 3 is 2.55 bits per heavy atom. The maximum absolute atomic E-state index is 13.1. The van der Waals surface area contributed by atoms with Gasteiger partial charge in [0.2, 0.25) is 0 Å². The molecule has 3 nitrogen and oxygen atoms in total. The molecule has 0 aliphatic rings. The zero-order chi connectivity index (χ0) is 16.2. The van der Waals surface area contributed by atoms with Crippen LogP contribution in [-0.4, -0.2) is 25.3 Å². The van der Waals surface area contributed by atoms with Gasteiger partial charge in [-0.25, -0.2) is 0 Å². The number of hydrogen-bond donors (Lipinski definition) is 1. The maximum atomic E-state index is 13.1. The summed E-state index contributed by atoms with van der Waals surface area (Å²) in [6.45, 7) is 0. The van der Waals surface area contributed by atoms with Crippen LogP contribution in [0, 0.1) is 0 Å². The highest BCUT2D eigenvalue weighted by molar-refractivity contribution is 5.93. The van der Waals surface area contributed by atoms with Crippen molar-refractivity contribution in [2.75, 3.05) is 12.4 Å². The van der Waals surface area contributed by atoms with Gasteiger partial charge in [-0.3, -0.25) is 4.79 Å². The molecule has 0 aliphatic carbocycles. The summed E-state index contributed by atoms with van der Waals surface area (Å²) >= 11 is 0. The summed E-state index contributed by atoms with van der Waals surface area (Å²) in [5.74, 6) is -0.658. The third-order valence-corrected chi connectivity index (χ3v) is 3.38. The Kier molecular flexibility index (Phi) is 4.90. The number of nitrogens with one attached hydrogen (secondary N) is 1. The van der Waals surface area contributed by atoms with Crippen molar-refractivity contribution in [3.8, 4) is 0 Å². The Hall–Kier alpha value is -2.24. The molecule has 2 rings (SSSR count). The van der Waals surface area contributed by atoms with Gasteiger partial charge in [-0.15, -0.1) is 0 Å². The molecule has 1 atom stereocenters. The fraction of sp³-hybridized carbons (Fsp3) is 0.312. The molecule has 2 aromatic carbocycles. The molecular weight excluding hydrogens is 295 g/mol. The van der Waals surface area contributed by atoms with Gasteiger partial charge in [0.1, 0.15) is 6.04 Å². The fourth-order valence-electron chi connectivity index (χ4n) is 2.22. The molecule has 2 aromatic rings. The normalized spacial score (nSPS) is 12.9. The molecule has 1 N–H and O–H groups in total. The Morgan fingerprint density at radius 2 is 1.86 bits per heavy atom. The number of carbonyl (C=O) groups excluding carboxylic acids is 1. The molecule has 0 fully saturated rings. The van der Waals surface area contributed by atoms with E-state index < -0.39 is 18.2 Å². The third kappa shape index (κ3) is 3.90. The molecule has 0 saturated carbocycles. The monoisotopic (exact) mass is 311 g/mol. The number of carbonyl (C=O) groups is 1. The molecule has 6 heteroatoms. The van der Waals surface area contributed by atoms with E-state index in [1.165, 1.54) is 0 Å². The first-order chi connectivity index (χ1) is 10.4. The number of esters is 1. The minimum absolute atomic E-state index is 0.293.